The molecule has 1 fully saturated rings. The van der Waals surface area contributed by atoms with Crippen molar-refractivity contribution >= 4 is 57.6 Å². The Kier molecular flexibility index (Phi) is 5.50. The number of hydrogen-bond acceptors (Lipinski definition) is 5. The summed E-state index contributed by atoms with van der Waals surface area (Å²) in [6.07, 6.45) is 1.69. The molecule has 0 radical (unpaired) electrons. The maximum Gasteiger partial charge on any atom is 0.270 e. The van der Waals surface area contributed by atoms with Crippen LogP contribution in [0.3, 0.4) is 0 Å². The number of halogens is 2. The lowest BCUT2D eigenvalue weighted by Crippen LogP contribution is -2.27. The summed E-state index contributed by atoms with van der Waals surface area (Å²) in [4.78, 5) is 14.6. The van der Waals surface area contributed by atoms with E-state index < -0.39 is 5.82 Å². The molecule has 2 aromatic carbocycles. The Balaban J connectivity index is 1.99. The van der Waals surface area contributed by atoms with Gasteiger partial charge in [0.05, 0.1) is 29.8 Å². The minimum Gasteiger partial charge on any atom is -0.493 e. The van der Waals surface area contributed by atoms with Gasteiger partial charge in [-0.1, -0.05) is 47.7 Å². The van der Waals surface area contributed by atoms with Crippen molar-refractivity contribution in [2.24, 2.45) is 0 Å². The van der Waals surface area contributed by atoms with Gasteiger partial charge in [0.1, 0.15) is 5.82 Å². The highest BCUT2D eigenvalue weighted by Gasteiger charge is 2.34. The first kappa shape index (κ1) is 18.7. The number of benzene rings is 2. The number of hydrogen-bond donors (Lipinski definition) is 0. The third-order valence-corrected chi connectivity index (χ3v) is 5.27. The SMILES string of the molecule is COc1cccc(/C=C2\SC(=S)N(c3ccc(F)c(Cl)c3)C2=O)c1OC. The smallest absolute Gasteiger partial charge is 0.270 e. The molecule has 0 saturated carbocycles. The molecule has 0 unspecified atom stereocenters. The molecule has 26 heavy (non-hydrogen) atoms. The van der Waals surface area contributed by atoms with Crippen molar-refractivity contribution in [2.45, 2.75) is 0 Å². The van der Waals surface area contributed by atoms with Crippen LogP contribution in [0.15, 0.2) is 41.3 Å². The average molecular weight is 410 g/mol. The number of rotatable bonds is 4. The summed E-state index contributed by atoms with van der Waals surface area (Å²) in [5.41, 5.74) is 1.10. The second-order valence-electron chi connectivity index (χ2n) is 5.20. The summed E-state index contributed by atoms with van der Waals surface area (Å²) in [6.45, 7) is 0. The molecule has 0 aliphatic carbocycles. The fourth-order valence-corrected chi connectivity index (χ4v) is 3.95. The molecule has 4 nitrogen and oxygen atoms in total. The van der Waals surface area contributed by atoms with Crippen LogP contribution < -0.4 is 14.4 Å². The Morgan fingerprint density at radius 1 is 1.23 bits per heavy atom. The van der Waals surface area contributed by atoms with Crippen LogP contribution in [0.25, 0.3) is 6.08 Å². The van der Waals surface area contributed by atoms with E-state index in [1.165, 1.54) is 30.2 Å². The number of para-hydroxylation sites is 1. The number of thioether (sulfide) groups is 1. The van der Waals surface area contributed by atoms with Crippen LogP contribution in [0.2, 0.25) is 5.02 Å². The van der Waals surface area contributed by atoms with Crippen molar-refractivity contribution in [3.05, 3.63) is 57.7 Å². The summed E-state index contributed by atoms with van der Waals surface area (Å²) in [5, 5.41) is -0.0741. The van der Waals surface area contributed by atoms with E-state index in [0.29, 0.717) is 32.0 Å². The molecule has 3 rings (SSSR count). The number of anilines is 1. The third-order valence-electron chi connectivity index (χ3n) is 3.68. The van der Waals surface area contributed by atoms with Crippen LogP contribution in [0.5, 0.6) is 11.5 Å². The van der Waals surface area contributed by atoms with Gasteiger partial charge >= 0.3 is 0 Å². The molecule has 0 spiro atoms. The molecule has 1 aliphatic heterocycles. The molecule has 0 N–H and O–H groups in total. The number of ether oxygens (including phenoxy) is 2. The van der Waals surface area contributed by atoms with Gasteiger partial charge in [0, 0.05) is 5.56 Å². The number of carbonyl (C=O) groups is 1. The fraction of sp³-hybridized carbons (Fsp3) is 0.111. The summed E-state index contributed by atoms with van der Waals surface area (Å²) in [6, 6.07) is 9.40. The normalized spacial score (nSPS) is 15.7. The van der Waals surface area contributed by atoms with E-state index in [9.17, 15) is 9.18 Å². The van der Waals surface area contributed by atoms with Crippen molar-refractivity contribution < 1.29 is 18.7 Å². The fourth-order valence-electron chi connectivity index (χ4n) is 2.48. The highest BCUT2D eigenvalue weighted by Crippen LogP contribution is 2.39. The lowest BCUT2D eigenvalue weighted by Gasteiger charge is -2.15. The van der Waals surface area contributed by atoms with Crippen LogP contribution in [0, 0.1) is 5.82 Å². The zero-order valence-electron chi connectivity index (χ0n) is 13.8. The van der Waals surface area contributed by atoms with E-state index in [0.717, 1.165) is 11.8 Å². The second-order valence-corrected chi connectivity index (χ2v) is 7.28. The maximum absolute atomic E-state index is 13.4. The Morgan fingerprint density at radius 2 is 2.00 bits per heavy atom. The Morgan fingerprint density at radius 3 is 2.65 bits per heavy atom. The molecular weight excluding hydrogens is 397 g/mol. The first-order chi connectivity index (χ1) is 12.5. The van der Waals surface area contributed by atoms with Gasteiger partial charge in [-0.05, 0) is 30.3 Å². The molecule has 0 aromatic heterocycles. The van der Waals surface area contributed by atoms with Crippen LogP contribution >= 0.6 is 35.6 Å². The molecule has 134 valence electrons. The minimum atomic E-state index is -0.558. The van der Waals surface area contributed by atoms with Crippen LogP contribution in [-0.2, 0) is 4.79 Å². The van der Waals surface area contributed by atoms with Crippen molar-refractivity contribution in [3.63, 3.8) is 0 Å². The number of nitrogens with zero attached hydrogens (tertiary/aromatic N) is 1. The molecule has 1 heterocycles. The van der Waals surface area contributed by atoms with Crippen LogP contribution in [-0.4, -0.2) is 24.4 Å². The minimum absolute atomic E-state index is 0.0741. The molecule has 1 saturated heterocycles. The van der Waals surface area contributed by atoms with Crippen LogP contribution in [0.4, 0.5) is 10.1 Å². The summed E-state index contributed by atoms with van der Waals surface area (Å²) in [5.74, 6) is 0.206. The van der Waals surface area contributed by atoms with E-state index in [4.69, 9.17) is 33.3 Å². The van der Waals surface area contributed by atoms with Crippen molar-refractivity contribution in [1.82, 2.24) is 0 Å². The number of thiocarbonyl (C=S) groups is 1. The zero-order valence-corrected chi connectivity index (χ0v) is 16.2. The highest BCUT2D eigenvalue weighted by molar-refractivity contribution is 8.27. The Hall–Kier alpha value is -2.09. The quantitative estimate of drug-likeness (QED) is 0.530. The van der Waals surface area contributed by atoms with Crippen molar-refractivity contribution in [1.29, 1.82) is 0 Å². The predicted octanol–water partition coefficient (Wildman–Crippen LogP) is 4.90. The molecular formula is C18H13ClFNO3S2. The largest absolute Gasteiger partial charge is 0.493 e. The first-order valence-corrected chi connectivity index (χ1v) is 9.00. The molecule has 0 atom stereocenters. The van der Waals surface area contributed by atoms with E-state index in [1.54, 1.807) is 25.3 Å². The van der Waals surface area contributed by atoms with Gasteiger partial charge in [0.25, 0.3) is 5.91 Å². The predicted molar refractivity (Wildman–Crippen MR) is 107 cm³/mol. The van der Waals surface area contributed by atoms with Crippen LogP contribution in [0.1, 0.15) is 5.56 Å². The van der Waals surface area contributed by atoms with Gasteiger partial charge in [0.2, 0.25) is 0 Å². The topological polar surface area (TPSA) is 38.8 Å². The number of carbonyl (C=O) groups excluding carboxylic acids is 1. The summed E-state index contributed by atoms with van der Waals surface area (Å²) >= 11 is 12.3. The molecule has 0 bridgehead atoms. The van der Waals surface area contributed by atoms with Gasteiger partial charge in [-0.3, -0.25) is 9.69 Å². The monoisotopic (exact) mass is 409 g/mol. The molecule has 1 aliphatic rings. The van der Waals surface area contributed by atoms with E-state index in [1.807, 2.05) is 6.07 Å². The van der Waals surface area contributed by atoms with E-state index in [-0.39, 0.29) is 10.9 Å². The van der Waals surface area contributed by atoms with Gasteiger partial charge in [-0.15, -0.1) is 0 Å². The number of amides is 1. The zero-order chi connectivity index (χ0) is 18.8. The maximum atomic E-state index is 13.4. The molecule has 2 aromatic rings. The van der Waals surface area contributed by atoms with Gasteiger partial charge in [0.15, 0.2) is 15.8 Å². The van der Waals surface area contributed by atoms with Crippen molar-refractivity contribution in [3.8, 4) is 11.5 Å². The summed E-state index contributed by atoms with van der Waals surface area (Å²) in [7, 11) is 3.07. The highest BCUT2D eigenvalue weighted by atomic mass is 35.5. The van der Waals surface area contributed by atoms with E-state index in [2.05, 4.69) is 0 Å². The first-order valence-electron chi connectivity index (χ1n) is 7.40. The van der Waals surface area contributed by atoms with Crippen molar-refractivity contribution in [2.75, 3.05) is 19.1 Å². The van der Waals surface area contributed by atoms with E-state index >= 15 is 0 Å². The molecule has 1 amide bonds. The molecule has 8 heteroatoms. The summed E-state index contributed by atoms with van der Waals surface area (Å²) < 4.78 is 24.4. The lowest BCUT2D eigenvalue weighted by molar-refractivity contribution is -0.113. The second kappa shape index (κ2) is 7.65. The standard InChI is InChI=1S/C18H13ClFNO3S2/c1-23-14-5-3-4-10(16(14)24-2)8-15-17(22)21(18(25)26-15)11-6-7-13(20)12(19)9-11/h3-9H,1-2H3/b15-8-. The third kappa shape index (κ3) is 3.42. The van der Waals surface area contributed by atoms with Gasteiger partial charge < -0.3 is 9.47 Å². The van der Waals surface area contributed by atoms with Gasteiger partial charge in [-0.2, -0.15) is 0 Å². The Labute approximate surface area is 164 Å². The number of methoxy groups -OCH3 is 2. The lowest BCUT2D eigenvalue weighted by atomic mass is 10.1. The Bertz CT molecular complexity index is 933. The average Bonchev–Trinajstić information content (AvgIpc) is 2.90. The van der Waals surface area contributed by atoms with Gasteiger partial charge in [-0.25, -0.2) is 4.39 Å².